The third-order valence-corrected chi connectivity index (χ3v) is 4.89. The fraction of sp³-hybridized carbons (Fsp3) is 0.176. The number of thiophene rings is 1. The van der Waals surface area contributed by atoms with Gasteiger partial charge < -0.3 is 5.11 Å². The number of fused-ring (bicyclic) bond motifs is 1. The number of hydrogen-bond acceptors (Lipinski definition) is 3. The molecule has 1 aromatic carbocycles. The number of aryl methyl sites for hydroxylation is 1. The van der Waals surface area contributed by atoms with Crippen LogP contribution in [0.2, 0.25) is 0 Å². The molecule has 118 valence electrons. The van der Waals surface area contributed by atoms with Crippen LogP contribution in [0, 0.1) is 5.82 Å². The second-order valence-corrected chi connectivity index (χ2v) is 6.37. The quantitative estimate of drug-likeness (QED) is 0.796. The van der Waals surface area contributed by atoms with Gasteiger partial charge >= 0.3 is 5.97 Å². The number of benzene rings is 1. The summed E-state index contributed by atoms with van der Waals surface area (Å²) in [6.07, 6.45) is 0.791. The van der Waals surface area contributed by atoms with Crippen molar-refractivity contribution in [2.75, 3.05) is 0 Å². The van der Waals surface area contributed by atoms with Gasteiger partial charge in [0.1, 0.15) is 11.5 Å². The van der Waals surface area contributed by atoms with E-state index in [1.54, 1.807) is 12.1 Å². The summed E-state index contributed by atoms with van der Waals surface area (Å²) in [5.74, 6) is -1.53. The van der Waals surface area contributed by atoms with E-state index in [1.165, 1.54) is 34.1 Å². The predicted octanol–water partition coefficient (Wildman–Crippen LogP) is 3.51. The molecule has 0 aliphatic carbocycles. The van der Waals surface area contributed by atoms with E-state index in [9.17, 15) is 19.1 Å². The third-order valence-electron chi connectivity index (χ3n) is 3.67. The minimum Gasteiger partial charge on any atom is -0.477 e. The first-order chi connectivity index (χ1) is 11.0. The third kappa shape index (κ3) is 2.90. The Morgan fingerprint density at radius 1 is 1.26 bits per heavy atom. The summed E-state index contributed by atoms with van der Waals surface area (Å²) in [5, 5.41) is 9.95. The van der Waals surface area contributed by atoms with Gasteiger partial charge in [-0.25, -0.2) is 9.18 Å². The van der Waals surface area contributed by atoms with Crippen molar-refractivity contribution in [2.45, 2.75) is 19.9 Å². The largest absolute Gasteiger partial charge is 0.477 e. The van der Waals surface area contributed by atoms with Crippen molar-refractivity contribution >= 4 is 27.4 Å². The van der Waals surface area contributed by atoms with Crippen LogP contribution in [0.4, 0.5) is 4.39 Å². The van der Waals surface area contributed by atoms with Crippen molar-refractivity contribution in [3.05, 3.63) is 68.7 Å². The molecule has 6 heteroatoms. The van der Waals surface area contributed by atoms with E-state index in [4.69, 9.17) is 0 Å². The lowest BCUT2D eigenvalue weighted by Crippen LogP contribution is -2.26. The lowest BCUT2D eigenvalue weighted by Gasteiger charge is -2.10. The van der Waals surface area contributed by atoms with E-state index in [0.717, 1.165) is 11.3 Å². The van der Waals surface area contributed by atoms with Crippen LogP contribution >= 0.6 is 11.3 Å². The fourth-order valence-corrected chi connectivity index (χ4v) is 3.50. The molecule has 1 N–H and O–H groups in total. The maximum Gasteiger partial charge on any atom is 0.352 e. The first kappa shape index (κ1) is 15.4. The van der Waals surface area contributed by atoms with E-state index in [-0.39, 0.29) is 23.6 Å². The van der Waals surface area contributed by atoms with E-state index in [0.29, 0.717) is 15.6 Å². The minimum absolute atomic E-state index is 0.0590. The lowest BCUT2D eigenvalue weighted by molar-refractivity contribution is 0.0684. The standard InChI is InChI=1S/C17H14FNO3S/c1-2-12-7-13-15(23-12)8-14(17(21)22)19(16(13)20)9-10-3-5-11(18)6-4-10/h3-8H,2,9H2,1H3,(H,21,22). The highest BCUT2D eigenvalue weighted by molar-refractivity contribution is 7.19. The molecule has 0 aliphatic heterocycles. The van der Waals surface area contributed by atoms with Crippen LogP contribution in [0.25, 0.3) is 10.1 Å². The van der Waals surface area contributed by atoms with Crippen LogP contribution in [0.5, 0.6) is 0 Å². The molecule has 0 radical (unpaired) electrons. The Morgan fingerprint density at radius 3 is 2.57 bits per heavy atom. The molecule has 4 nitrogen and oxygen atoms in total. The fourth-order valence-electron chi connectivity index (χ4n) is 2.47. The van der Waals surface area contributed by atoms with Gasteiger partial charge in [-0.3, -0.25) is 9.36 Å². The zero-order valence-corrected chi connectivity index (χ0v) is 13.2. The molecule has 0 saturated heterocycles. The zero-order valence-electron chi connectivity index (χ0n) is 12.4. The molecule has 3 aromatic rings. The lowest BCUT2D eigenvalue weighted by atomic mass is 10.2. The molecule has 0 saturated carbocycles. The molecule has 3 rings (SSSR count). The van der Waals surface area contributed by atoms with Gasteiger partial charge in [0.25, 0.3) is 5.56 Å². The highest BCUT2D eigenvalue weighted by Crippen LogP contribution is 2.25. The monoisotopic (exact) mass is 331 g/mol. The summed E-state index contributed by atoms with van der Waals surface area (Å²) in [4.78, 5) is 25.2. The summed E-state index contributed by atoms with van der Waals surface area (Å²) in [7, 11) is 0. The number of aromatic carboxylic acids is 1. The predicted molar refractivity (Wildman–Crippen MR) is 87.9 cm³/mol. The Hall–Kier alpha value is -2.47. The van der Waals surface area contributed by atoms with Crippen LogP contribution in [-0.4, -0.2) is 15.6 Å². The Kier molecular flexibility index (Phi) is 4.00. The number of aromatic nitrogens is 1. The van der Waals surface area contributed by atoms with Gasteiger partial charge in [0.15, 0.2) is 0 Å². The number of carboxylic acid groups (broad SMARTS) is 1. The average Bonchev–Trinajstić information content (AvgIpc) is 2.95. The number of rotatable bonds is 4. The number of halogens is 1. The van der Waals surface area contributed by atoms with E-state index in [2.05, 4.69) is 0 Å². The summed E-state index contributed by atoms with van der Waals surface area (Å²) in [5.41, 5.74) is 0.276. The van der Waals surface area contributed by atoms with Crippen LogP contribution < -0.4 is 5.56 Å². The number of carbonyl (C=O) groups is 1. The Balaban J connectivity index is 2.18. The van der Waals surface area contributed by atoms with E-state index < -0.39 is 5.97 Å². The molecular weight excluding hydrogens is 317 g/mol. The van der Waals surface area contributed by atoms with Crippen molar-refractivity contribution in [1.82, 2.24) is 4.57 Å². The normalized spacial score (nSPS) is 11.0. The zero-order chi connectivity index (χ0) is 16.6. The van der Waals surface area contributed by atoms with Crippen molar-refractivity contribution in [3.8, 4) is 0 Å². The molecule has 0 bridgehead atoms. The molecule has 0 spiro atoms. The van der Waals surface area contributed by atoms with Crippen molar-refractivity contribution in [3.63, 3.8) is 0 Å². The molecule has 0 atom stereocenters. The number of nitrogens with zero attached hydrogens (tertiary/aromatic N) is 1. The number of carboxylic acids is 1. The molecule has 0 fully saturated rings. The Labute approximate surface area is 135 Å². The molecule has 2 aromatic heterocycles. The van der Waals surface area contributed by atoms with Crippen LogP contribution in [-0.2, 0) is 13.0 Å². The summed E-state index contributed by atoms with van der Waals surface area (Å²) >= 11 is 1.43. The minimum atomic E-state index is -1.16. The Bertz CT molecular complexity index is 941. The van der Waals surface area contributed by atoms with Crippen LogP contribution in [0.3, 0.4) is 0 Å². The second-order valence-electron chi connectivity index (χ2n) is 5.20. The van der Waals surface area contributed by atoms with Gasteiger partial charge in [0.05, 0.1) is 11.9 Å². The molecule has 23 heavy (non-hydrogen) atoms. The summed E-state index contributed by atoms with van der Waals surface area (Å²) in [6.45, 7) is 2.08. The average molecular weight is 331 g/mol. The topological polar surface area (TPSA) is 59.3 Å². The molecule has 2 heterocycles. The van der Waals surface area contributed by atoms with E-state index in [1.807, 2.05) is 13.0 Å². The van der Waals surface area contributed by atoms with Crippen molar-refractivity contribution in [1.29, 1.82) is 0 Å². The van der Waals surface area contributed by atoms with Gasteiger partial charge in [0.2, 0.25) is 0 Å². The Morgan fingerprint density at radius 2 is 1.96 bits per heavy atom. The van der Waals surface area contributed by atoms with Gasteiger partial charge in [-0.1, -0.05) is 19.1 Å². The smallest absolute Gasteiger partial charge is 0.352 e. The van der Waals surface area contributed by atoms with Gasteiger partial charge in [0, 0.05) is 9.58 Å². The number of pyridine rings is 1. The maximum absolute atomic E-state index is 13.0. The van der Waals surface area contributed by atoms with Gasteiger partial charge in [-0.15, -0.1) is 11.3 Å². The van der Waals surface area contributed by atoms with Crippen molar-refractivity contribution in [2.24, 2.45) is 0 Å². The highest BCUT2D eigenvalue weighted by Gasteiger charge is 2.17. The van der Waals surface area contributed by atoms with Crippen LogP contribution in [0.15, 0.2) is 41.2 Å². The number of hydrogen-bond donors (Lipinski definition) is 1. The first-order valence-electron chi connectivity index (χ1n) is 7.13. The molecule has 0 aliphatic rings. The van der Waals surface area contributed by atoms with Crippen LogP contribution in [0.1, 0.15) is 27.9 Å². The van der Waals surface area contributed by atoms with Gasteiger partial charge in [-0.2, -0.15) is 0 Å². The van der Waals surface area contributed by atoms with Crippen molar-refractivity contribution < 1.29 is 14.3 Å². The first-order valence-corrected chi connectivity index (χ1v) is 7.95. The maximum atomic E-state index is 13.0. The molecule has 0 unspecified atom stereocenters. The van der Waals surface area contributed by atoms with E-state index >= 15 is 0 Å². The summed E-state index contributed by atoms with van der Waals surface area (Å²) in [6, 6.07) is 9.02. The SMILES string of the molecule is CCc1cc2c(=O)n(Cc3ccc(F)cc3)c(C(=O)O)cc2s1. The molecular formula is C17H14FNO3S. The summed E-state index contributed by atoms with van der Waals surface area (Å²) < 4.78 is 14.9. The second kappa shape index (κ2) is 5.96. The van der Waals surface area contributed by atoms with Gasteiger partial charge in [-0.05, 0) is 36.2 Å². The highest BCUT2D eigenvalue weighted by atomic mass is 32.1. The molecule has 0 amide bonds.